The Kier molecular flexibility index (Phi) is 3.72. The van der Waals surface area contributed by atoms with Gasteiger partial charge >= 0.3 is 0 Å². The minimum absolute atomic E-state index is 0.635. The topological polar surface area (TPSA) is 44.2 Å². The molecule has 0 amide bonds. The quantitative estimate of drug-likeness (QED) is 0.489. The lowest BCUT2D eigenvalue weighted by molar-refractivity contribution is 0.439. The molecule has 1 unspecified atom stereocenters. The molecular formula is C8H16N2OS. The number of nitrogens with one attached hydrogen (secondary N) is 1. The predicted molar refractivity (Wildman–Crippen MR) is 52.1 cm³/mol. The molecule has 12 heavy (non-hydrogen) atoms. The van der Waals surface area contributed by atoms with E-state index in [1.165, 1.54) is 0 Å². The predicted octanol–water partition coefficient (Wildman–Crippen LogP) is 0.828. The highest BCUT2D eigenvalue weighted by atomic mass is 32.2. The van der Waals surface area contributed by atoms with Gasteiger partial charge in [-0.05, 0) is 6.42 Å². The van der Waals surface area contributed by atoms with Crippen LogP contribution in [0.4, 0.5) is 0 Å². The van der Waals surface area contributed by atoms with Gasteiger partial charge in [-0.2, -0.15) is 0 Å². The zero-order chi connectivity index (χ0) is 8.97. The Labute approximate surface area is 76.1 Å². The van der Waals surface area contributed by atoms with Crippen molar-refractivity contribution in [3.63, 3.8) is 0 Å². The van der Waals surface area contributed by atoms with Crippen molar-refractivity contribution < 1.29 is 4.21 Å². The summed E-state index contributed by atoms with van der Waals surface area (Å²) in [6.45, 7) is 3.71. The van der Waals surface area contributed by atoms with E-state index in [4.69, 9.17) is 5.41 Å². The first-order chi connectivity index (χ1) is 5.74. The van der Waals surface area contributed by atoms with Crippen molar-refractivity contribution in [3.05, 3.63) is 0 Å². The third-order valence-corrected chi connectivity index (χ3v) is 3.49. The minimum Gasteiger partial charge on any atom is -0.360 e. The van der Waals surface area contributed by atoms with E-state index in [0.29, 0.717) is 5.84 Å². The number of hydrogen-bond donors (Lipinski definition) is 1. The first-order valence-electron chi connectivity index (χ1n) is 4.41. The summed E-state index contributed by atoms with van der Waals surface area (Å²) in [6.07, 6.45) is 1.75. The van der Waals surface area contributed by atoms with E-state index in [1.54, 1.807) is 0 Å². The Morgan fingerprint density at radius 1 is 1.50 bits per heavy atom. The summed E-state index contributed by atoms with van der Waals surface area (Å²) in [7, 11) is -0.635. The zero-order valence-corrected chi connectivity index (χ0v) is 8.32. The molecule has 3 nitrogen and oxygen atoms in total. The van der Waals surface area contributed by atoms with Crippen molar-refractivity contribution in [1.82, 2.24) is 4.90 Å². The second-order valence-corrected chi connectivity index (χ2v) is 4.69. The first-order valence-corrected chi connectivity index (χ1v) is 5.90. The van der Waals surface area contributed by atoms with Gasteiger partial charge in [-0.15, -0.1) is 0 Å². The highest BCUT2D eigenvalue weighted by Gasteiger charge is 2.13. The van der Waals surface area contributed by atoms with Gasteiger partial charge in [0.15, 0.2) is 0 Å². The van der Waals surface area contributed by atoms with Crippen molar-refractivity contribution in [2.24, 2.45) is 0 Å². The van der Waals surface area contributed by atoms with Crippen molar-refractivity contribution in [3.8, 4) is 0 Å². The molecule has 70 valence electrons. The van der Waals surface area contributed by atoms with Crippen LogP contribution in [0.2, 0.25) is 0 Å². The molecule has 0 aromatic carbocycles. The minimum atomic E-state index is -0.635. The van der Waals surface area contributed by atoms with Crippen LogP contribution in [0.3, 0.4) is 0 Å². The van der Waals surface area contributed by atoms with Crippen LogP contribution in [-0.4, -0.2) is 39.5 Å². The molecule has 0 saturated carbocycles. The molecule has 1 atom stereocenters. The third kappa shape index (κ3) is 2.59. The van der Waals surface area contributed by atoms with Crippen LogP contribution >= 0.6 is 0 Å². The normalized spacial score (nSPS) is 25.1. The maximum absolute atomic E-state index is 11.2. The fourth-order valence-electron chi connectivity index (χ4n) is 1.34. The maximum atomic E-state index is 11.2. The van der Waals surface area contributed by atoms with Gasteiger partial charge in [-0.25, -0.2) is 0 Å². The van der Waals surface area contributed by atoms with E-state index >= 15 is 0 Å². The maximum Gasteiger partial charge on any atom is 0.0955 e. The van der Waals surface area contributed by atoms with E-state index in [-0.39, 0.29) is 0 Å². The summed E-state index contributed by atoms with van der Waals surface area (Å²) < 4.78 is 11.2. The largest absolute Gasteiger partial charge is 0.360 e. The lowest BCUT2D eigenvalue weighted by atomic mass is 10.3. The average molecular weight is 188 g/mol. The smallest absolute Gasteiger partial charge is 0.0955 e. The first kappa shape index (κ1) is 9.71. The fourth-order valence-corrected chi connectivity index (χ4v) is 2.42. The molecule has 1 rings (SSSR count). The summed E-state index contributed by atoms with van der Waals surface area (Å²) in [5.41, 5.74) is 0. The van der Waals surface area contributed by atoms with E-state index in [0.717, 1.165) is 37.4 Å². The van der Waals surface area contributed by atoms with Crippen LogP contribution in [0.15, 0.2) is 0 Å². The molecule has 1 aliphatic rings. The molecule has 1 heterocycles. The zero-order valence-electron chi connectivity index (χ0n) is 7.51. The van der Waals surface area contributed by atoms with E-state index in [2.05, 4.69) is 0 Å². The Bertz CT molecular complexity index is 193. The van der Waals surface area contributed by atoms with Gasteiger partial charge in [0.05, 0.1) is 5.84 Å². The summed E-state index contributed by atoms with van der Waals surface area (Å²) in [5, 5.41) is 7.62. The van der Waals surface area contributed by atoms with Gasteiger partial charge in [-0.3, -0.25) is 9.62 Å². The summed E-state index contributed by atoms with van der Waals surface area (Å²) in [6, 6.07) is 0. The average Bonchev–Trinajstić information content (AvgIpc) is 2.29. The number of amidine groups is 1. The second-order valence-electron chi connectivity index (χ2n) is 2.99. The van der Waals surface area contributed by atoms with Crippen LogP contribution in [0.5, 0.6) is 0 Å². The van der Waals surface area contributed by atoms with Gasteiger partial charge in [0.2, 0.25) is 0 Å². The Morgan fingerprint density at radius 2 is 2.25 bits per heavy atom. The Morgan fingerprint density at radius 3 is 2.92 bits per heavy atom. The summed E-state index contributed by atoms with van der Waals surface area (Å²) in [5.74, 6) is 2.24. The van der Waals surface area contributed by atoms with Crippen molar-refractivity contribution >= 4 is 16.6 Å². The molecule has 0 aromatic heterocycles. The van der Waals surface area contributed by atoms with Crippen molar-refractivity contribution in [2.75, 3.05) is 24.6 Å². The highest BCUT2D eigenvalue weighted by molar-refractivity contribution is 7.85. The second kappa shape index (κ2) is 4.60. The highest BCUT2D eigenvalue weighted by Crippen LogP contribution is 2.03. The Balaban J connectivity index is 2.45. The van der Waals surface area contributed by atoms with Gasteiger partial charge in [-0.1, -0.05) is 6.92 Å². The lowest BCUT2D eigenvalue weighted by Crippen LogP contribution is -2.32. The van der Waals surface area contributed by atoms with E-state index in [1.807, 2.05) is 11.8 Å². The Hall–Kier alpha value is -0.380. The molecule has 4 heteroatoms. The van der Waals surface area contributed by atoms with Crippen LogP contribution in [0.1, 0.15) is 19.8 Å². The van der Waals surface area contributed by atoms with Gasteiger partial charge in [0.1, 0.15) is 0 Å². The lowest BCUT2D eigenvalue weighted by Gasteiger charge is -2.21. The van der Waals surface area contributed by atoms with Crippen LogP contribution in [0, 0.1) is 5.41 Å². The molecular weight excluding hydrogens is 172 g/mol. The van der Waals surface area contributed by atoms with Crippen molar-refractivity contribution in [2.45, 2.75) is 19.8 Å². The molecule has 0 bridgehead atoms. The number of nitrogens with zero attached hydrogens (tertiary/aromatic N) is 1. The SMILES string of the molecule is CCC(=N)N1CCCS(=O)CC1. The number of hydrogen-bond acceptors (Lipinski definition) is 2. The molecule has 0 spiro atoms. The standard InChI is InChI=1S/C8H16N2OS/c1-2-8(9)10-4-3-6-12(11)7-5-10/h9H,2-7H2,1H3. The molecule has 1 fully saturated rings. The molecule has 1 N–H and O–H groups in total. The fraction of sp³-hybridized carbons (Fsp3) is 0.875. The number of rotatable bonds is 1. The molecule has 0 aliphatic carbocycles. The van der Waals surface area contributed by atoms with E-state index < -0.39 is 10.8 Å². The summed E-state index contributed by atoms with van der Waals surface area (Å²) >= 11 is 0. The van der Waals surface area contributed by atoms with Crippen LogP contribution in [0.25, 0.3) is 0 Å². The molecule has 1 aliphatic heterocycles. The van der Waals surface area contributed by atoms with Gasteiger partial charge in [0, 0.05) is 41.8 Å². The van der Waals surface area contributed by atoms with Crippen LogP contribution < -0.4 is 0 Å². The van der Waals surface area contributed by atoms with E-state index in [9.17, 15) is 4.21 Å². The third-order valence-electron chi connectivity index (χ3n) is 2.11. The van der Waals surface area contributed by atoms with Gasteiger partial charge in [0.25, 0.3) is 0 Å². The van der Waals surface area contributed by atoms with Crippen molar-refractivity contribution in [1.29, 1.82) is 5.41 Å². The monoisotopic (exact) mass is 188 g/mol. The van der Waals surface area contributed by atoms with Crippen LogP contribution in [-0.2, 0) is 10.8 Å². The molecule has 0 radical (unpaired) electrons. The van der Waals surface area contributed by atoms with Gasteiger partial charge < -0.3 is 4.90 Å². The summed E-state index contributed by atoms with van der Waals surface area (Å²) in [4.78, 5) is 2.05. The molecule has 1 saturated heterocycles. The molecule has 0 aromatic rings.